The van der Waals surface area contributed by atoms with Crippen molar-refractivity contribution >= 4 is 0 Å². The van der Waals surface area contributed by atoms with E-state index in [0.717, 1.165) is 45.2 Å². The SMILES string of the molecule is CN(CCn1cc[nH]c1=O)CCC1(O)CCCC1. The van der Waals surface area contributed by atoms with Crippen molar-refractivity contribution in [2.75, 3.05) is 20.1 Å². The third-order valence-corrected chi connectivity index (χ3v) is 3.94. The standard InChI is InChI=1S/C13H23N3O2/c1-15(8-6-13(18)4-2-3-5-13)10-11-16-9-7-14-12(16)17/h7,9,18H,2-6,8,10-11H2,1H3,(H,14,17). The smallest absolute Gasteiger partial charge is 0.325 e. The molecule has 0 amide bonds. The van der Waals surface area contributed by atoms with Crippen molar-refractivity contribution in [3.63, 3.8) is 0 Å². The molecule has 2 N–H and O–H groups in total. The molecule has 0 aliphatic heterocycles. The van der Waals surface area contributed by atoms with Gasteiger partial charge in [-0.1, -0.05) is 12.8 Å². The molecule has 0 saturated heterocycles. The van der Waals surface area contributed by atoms with E-state index in [1.807, 2.05) is 7.05 Å². The largest absolute Gasteiger partial charge is 0.390 e. The number of nitrogens with one attached hydrogen (secondary N) is 1. The molecule has 102 valence electrons. The van der Waals surface area contributed by atoms with E-state index in [-0.39, 0.29) is 5.69 Å². The van der Waals surface area contributed by atoms with E-state index in [0.29, 0.717) is 6.54 Å². The van der Waals surface area contributed by atoms with Crippen LogP contribution in [0, 0.1) is 0 Å². The van der Waals surface area contributed by atoms with Crippen LogP contribution >= 0.6 is 0 Å². The van der Waals surface area contributed by atoms with Crippen molar-refractivity contribution in [2.45, 2.75) is 44.2 Å². The molecule has 0 unspecified atom stereocenters. The Morgan fingerprint density at radius 2 is 2.17 bits per heavy atom. The first kappa shape index (κ1) is 13.4. The lowest BCUT2D eigenvalue weighted by Crippen LogP contribution is -2.33. The summed E-state index contributed by atoms with van der Waals surface area (Å²) >= 11 is 0. The molecule has 0 atom stereocenters. The second-order valence-corrected chi connectivity index (χ2v) is 5.44. The van der Waals surface area contributed by atoms with Crippen molar-refractivity contribution in [1.29, 1.82) is 0 Å². The van der Waals surface area contributed by atoms with Crippen molar-refractivity contribution in [1.82, 2.24) is 14.5 Å². The van der Waals surface area contributed by atoms with Crippen molar-refractivity contribution < 1.29 is 5.11 Å². The number of likely N-dealkylation sites (N-methyl/N-ethyl adjacent to an activating group) is 1. The fraction of sp³-hybridized carbons (Fsp3) is 0.769. The number of hydrogen-bond donors (Lipinski definition) is 2. The summed E-state index contributed by atoms with van der Waals surface area (Å²) in [5.74, 6) is 0. The lowest BCUT2D eigenvalue weighted by atomic mass is 9.98. The van der Waals surface area contributed by atoms with E-state index in [2.05, 4.69) is 9.88 Å². The second-order valence-electron chi connectivity index (χ2n) is 5.44. The quantitative estimate of drug-likeness (QED) is 0.788. The minimum atomic E-state index is -0.431. The van der Waals surface area contributed by atoms with E-state index < -0.39 is 5.60 Å². The first-order valence-corrected chi connectivity index (χ1v) is 6.74. The minimum Gasteiger partial charge on any atom is -0.390 e. The molecule has 1 aliphatic rings. The van der Waals surface area contributed by atoms with Crippen LogP contribution in [0.15, 0.2) is 17.2 Å². The van der Waals surface area contributed by atoms with Crippen molar-refractivity contribution in [2.24, 2.45) is 0 Å². The number of aromatic amines is 1. The molecule has 1 fully saturated rings. The molecule has 5 heteroatoms. The van der Waals surface area contributed by atoms with Crippen LogP contribution in [0.3, 0.4) is 0 Å². The van der Waals surface area contributed by atoms with Crippen LogP contribution in [0.4, 0.5) is 0 Å². The predicted octanol–water partition coefficient (Wildman–Crippen LogP) is 0.803. The molecule has 1 aromatic heterocycles. The summed E-state index contributed by atoms with van der Waals surface area (Å²) in [6, 6.07) is 0. The van der Waals surface area contributed by atoms with Gasteiger partial charge in [-0.15, -0.1) is 0 Å². The highest BCUT2D eigenvalue weighted by molar-refractivity contribution is 4.85. The maximum atomic E-state index is 11.3. The normalized spacial score (nSPS) is 18.6. The number of hydrogen-bond acceptors (Lipinski definition) is 3. The summed E-state index contributed by atoms with van der Waals surface area (Å²) in [6.07, 6.45) is 8.45. The van der Waals surface area contributed by atoms with Gasteiger partial charge in [0.15, 0.2) is 0 Å². The first-order chi connectivity index (χ1) is 8.59. The van der Waals surface area contributed by atoms with Gasteiger partial charge < -0.3 is 15.0 Å². The third kappa shape index (κ3) is 3.46. The van der Waals surface area contributed by atoms with E-state index in [9.17, 15) is 9.90 Å². The predicted molar refractivity (Wildman–Crippen MR) is 70.6 cm³/mol. The molecule has 1 heterocycles. The van der Waals surface area contributed by atoms with Gasteiger partial charge in [0.25, 0.3) is 0 Å². The van der Waals surface area contributed by atoms with Gasteiger partial charge in [0.2, 0.25) is 0 Å². The molecule has 2 rings (SSSR count). The van der Waals surface area contributed by atoms with Gasteiger partial charge in [0.1, 0.15) is 0 Å². The first-order valence-electron chi connectivity index (χ1n) is 6.74. The Morgan fingerprint density at radius 1 is 1.44 bits per heavy atom. The van der Waals surface area contributed by atoms with Crippen molar-refractivity contribution in [3.05, 3.63) is 22.9 Å². The fourth-order valence-corrected chi connectivity index (χ4v) is 2.60. The number of aliphatic hydroxyl groups is 1. The van der Waals surface area contributed by atoms with E-state index >= 15 is 0 Å². The monoisotopic (exact) mass is 253 g/mol. The van der Waals surface area contributed by atoms with Crippen LogP contribution in [0.25, 0.3) is 0 Å². The number of rotatable bonds is 6. The summed E-state index contributed by atoms with van der Waals surface area (Å²) in [6.45, 7) is 2.40. The van der Waals surface area contributed by atoms with Crippen LogP contribution in [0.2, 0.25) is 0 Å². The fourth-order valence-electron chi connectivity index (χ4n) is 2.60. The summed E-state index contributed by atoms with van der Waals surface area (Å²) in [5, 5.41) is 10.2. The van der Waals surface area contributed by atoms with Gasteiger partial charge in [0.05, 0.1) is 5.60 Å². The second kappa shape index (κ2) is 5.71. The maximum absolute atomic E-state index is 11.3. The summed E-state index contributed by atoms with van der Waals surface area (Å²) in [5.41, 5.74) is -0.489. The average Bonchev–Trinajstić information content (AvgIpc) is 2.94. The molecule has 0 spiro atoms. The lowest BCUT2D eigenvalue weighted by molar-refractivity contribution is 0.0301. The minimum absolute atomic E-state index is 0.0576. The molecule has 0 aromatic carbocycles. The zero-order chi connectivity index (χ0) is 13.0. The van der Waals surface area contributed by atoms with Crippen LogP contribution < -0.4 is 5.69 Å². The van der Waals surface area contributed by atoms with Gasteiger partial charge in [-0.3, -0.25) is 4.57 Å². The highest BCUT2D eigenvalue weighted by Crippen LogP contribution is 2.32. The van der Waals surface area contributed by atoms with Crippen LogP contribution in [-0.2, 0) is 6.54 Å². The Hall–Kier alpha value is -1.07. The summed E-state index contributed by atoms with van der Waals surface area (Å²) in [7, 11) is 2.04. The Kier molecular flexibility index (Phi) is 4.24. The highest BCUT2D eigenvalue weighted by atomic mass is 16.3. The maximum Gasteiger partial charge on any atom is 0.325 e. The van der Waals surface area contributed by atoms with Gasteiger partial charge >= 0.3 is 5.69 Å². The van der Waals surface area contributed by atoms with Gasteiger partial charge in [-0.05, 0) is 26.3 Å². The van der Waals surface area contributed by atoms with Crippen LogP contribution in [-0.4, -0.2) is 45.3 Å². The lowest BCUT2D eigenvalue weighted by Gasteiger charge is -2.25. The van der Waals surface area contributed by atoms with E-state index in [1.165, 1.54) is 0 Å². The van der Waals surface area contributed by atoms with E-state index in [1.54, 1.807) is 17.0 Å². The Balaban J connectivity index is 1.71. The van der Waals surface area contributed by atoms with Crippen molar-refractivity contribution in [3.8, 4) is 0 Å². The molecule has 1 aromatic rings. The van der Waals surface area contributed by atoms with Gasteiger partial charge in [0, 0.05) is 32.0 Å². The number of H-pyrrole nitrogens is 1. The summed E-state index contributed by atoms with van der Waals surface area (Å²) < 4.78 is 1.67. The zero-order valence-corrected chi connectivity index (χ0v) is 11.1. The number of aromatic nitrogens is 2. The zero-order valence-electron chi connectivity index (χ0n) is 11.1. The van der Waals surface area contributed by atoms with Gasteiger partial charge in [-0.2, -0.15) is 0 Å². The number of imidazole rings is 1. The molecule has 0 bridgehead atoms. The van der Waals surface area contributed by atoms with Gasteiger partial charge in [-0.25, -0.2) is 4.79 Å². The molecule has 18 heavy (non-hydrogen) atoms. The van der Waals surface area contributed by atoms with E-state index in [4.69, 9.17) is 0 Å². The third-order valence-electron chi connectivity index (χ3n) is 3.94. The topological polar surface area (TPSA) is 61.3 Å². The molecular weight excluding hydrogens is 230 g/mol. The van der Waals surface area contributed by atoms with Crippen LogP contribution in [0.1, 0.15) is 32.1 Å². The van der Waals surface area contributed by atoms with Crippen LogP contribution in [0.5, 0.6) is 0 Å². The number of nitrogens with zero attached hydrogens (tertiary/aromatic N) is 2. The summed E-state index contributed by atoms with van der Waals surface area (Å²) in [4.78, 5) is 16.1. The molecule has 5 nitrogen and oxygen atoms in total. The Labute approximate surface area is 107 Å². The average molecular weight is 253 g/mol. The molecule has 1 aliphatic carbocycles. The molecular formula is C13H23N3O2. The highest BCUT2D eigenvalue weighted by Gasteiger charge is 2.30. The Morgan fingerprint density at radius 3 is 2.78 bits per heavy atom. The Bertz CT molecular complexity index is 418. The molecule has 0 radical (unpaired) electrons. The molecule has 1 saturated carbocycles.